The Kier molecular flexibility index (Phi) is 34.9. The zero-order chi connectivity index (χ0) is 93.5. The predicted octanol–water partition coefficient (Wildman–Crippen LogP) is 33.2. The largest absolute Gasteiger partial charge is 0.288 e. The average molecular weight is 1730 g/mol. The van der Waals surface area contributed by atoms with E-state index in [2.05, 4.69) is 138 Å². The van der Waals surface area contributed by atoms with Gasteiger partial charge in [-0.05, 0) is 209 Å². The van der Waals surface area contributed by atoms with Crippen molar-refractivity contribution >= 4 is 11.8 Å². The van der Waals surface area contributed by atoms with E-state index in [4.69, 9.17) is 4.98 Å². The number of benzene rings is 10. The summed E-state index contributed by atoms with van der Waals surface area (Å²) in [6.45, 7) is 53.0. The van der Waals surface area contributed by atoms with Crippen LogP contribution < -0.4 is 0 Å². The van der Waals surface area contributed by atoms with Gasteiger partial charge >= 0.3 is 0 Å². The van der Waals surface area contributed by atoms with Gasteiger partial charge < -0.3 is 0 Å². The number of nitrogens with zero attached hydrogens (tertiary/aromatic N) is 4. The van der Waals surface area contributed by atoms with Gasteiger partial charge in [-0.3, -0.25) is 19.9 Å². The van der Waals surface area contributed by atoms with Crippen LogP contribution in [0.25, 0.3) is 72.6 Å². The average Bonchev–Trinajstić information content (AvgIpc) is 0.956. The molecule has 0 unspecified atom stereocenters. The molecule has 4 heterocycles. The lowest BCUT2D eigenvalue weighted by Gasteiger charge is -2.21. The van der Waals surface area contributed by atoms with E-state index < -0.39 is 34.9 Å². The Hall–Kier alpha value is -11.6. The van der Waals surface area contributed by atoms with Gasteiger partial charge in [0.25, 0.3) is 0 Å². The third-order valence-electron chi connectivity index (χ3n) is 21.3. The molecule has 0 aliphatic carbocycles. The Morgan fingerprint density at radius 3 is 1.15 bits per heavy atom. The van der Waals surface area contributed by atoms with Crippen LogP contribution in [0.4, 0.5) is 43.9 Å². The van der Waals surface area contributed by atoms with Crippen LogP contribution in [0.3, 0.4) is 0 Å². The van der Waals surface area contributed by atoms with Gasteiger partial charge in [0.05, 0.1) is 23.6 Å². The molecule has 10 aromatic carbocycles. The standard InChI is InChI=1S/C17H17F3.C17H18F2.C17H19F.C16H17F2N.C16H16F2.C16H19N.C13H16N2.CH4/c1-10-8-14(18)15(19)9-12(10)11-6-5-7-13(16(11)20)17(2,3)4;1-11-10-12(18)8-9-13(11)14-6-5-7-15(16(14)19)17(2,3)4;1-12-7-5-8-13(11-12)14-9-6-10-15(16(14)18)17(2,3)4;1-10-8-11(17)9-12(18)15(10)13-6-5-7-14(19-13)16(2,3)4;1-10(2)12-5-4-6-13(8-12)16-11(3)7-14(17)9-15(16)18;1-12-8-5-6-9-13(12)14-10-7-11-15(17-14)16(2,3)4;1-13(2,3)12-6-4-5-11(15-12)10-7-8-14-9-10;/h5-9H,1-4H3;5-10H,1-4H3;5-11H,1-4H3;5-9H,1-4H3;4-10H,1-3H3;5-11H,1-4H3;4-7,9H,8H2,1-3H3;1H4. The highest BCUT2D eigenvalue weighted by Crippen LogP contribution is 2.39. The summed E-state index contributed by atoms with van der Waals surface area (Å²) in [4.78, 5) is 18.1. The first-order valence-corrected chi connectivity index (χ1v) is 42.6. The van der Waals surface area contributed by atoms with Crippen LogP contribution in [-0.2, 0) is 32.5 Å². The zero-order valence-electron chi connectivity index (χ0n) is 78.0. The highest BCUT2D eigenvalue weighted by Gasteiger charge is 2.27. The zero-order valence-corrected chi connectivity index (χ0v) is 78.0. The molecule has 0 bridgehead atoms. The monoisotopic (exact) mass is 1730 g/mol. The Morgan fingerprint density at radius 1 is 0.283 bits per heavy atom. The highest BCUT2D eigenvalue weighted by molar-refractivity contribution is 6.10. The third kappa shape index (κ3) is 27.9. The molecule has 14 heteroatoms. The quantitative estimate of drug-likeness (QED) is 0.142. The summed E-state index contributed by atoms with van der Waals surface area (Å²) < 4.78 is 138. The number of aliphatic imine (C=N–C) groups is 1. The minimum atomic E-state index is -0.967. The van der Waals surface area contributed by atoms with Gasteiger partial charge in [0.2, 0.25) is 0 Å². The lowest BCUT2D eigenvalue weighted by Crippen LogP contribution is -2.14. The van der Waals surface area contributed by atoms with Crippen LogP contribution in [-0.4, -0.2) is 27.7 Å². The Labute approximate surface area is 750 Å². The van der Waals surface area contributed by atoms with Crippen LogP contribution in [0.5, 0.6) is 0 Å². The van der Waals surface area contributed by atoms with E-state index in [1.807, 2.05) is 187 Å². The third-order valence-corrected chi connectivity index (χ3v) is 21.3. The number of rotatable bonds is 8. The van der Waals surface area contributed by atoms with Gasteiger partial charge in [-0.2, -0.15) is 0 Å². The van der Waals surface area contributed by atoms with E-state index >= 15 is 0 Å². The first-order valence-electron chi connectivity index (χ1n) is 42.6. The second-order valence-corrected chi connectivity index (χ2v) is 38.5. The molecule has 127 heavy (non-hydrogen) atoms. The summed E-state index contributed by atoms with van der Waals surface area (Å²) in [7, 11) is 0. The van der Waals surface area contributed by atoms with Gasteiger partial charge in [0.1, 0.15) is 46.5 Å². The minimum Gasteiger partial charge on any atom is -0.288 e. The number of allylic oxidation sites excluding steroid dienone is 1. The molecule has 0 saturated carbocycles. The van der Waals surface area contributed by atoms with Crippen LogP contribution in [0.15, 0.2) is 248 Å². The number of hydrogen-bond acceptors (Lipinski definition) is 4. The first kappa shape index (κ1) is 102. The summed E-state index contributed by atoms with van der Waals surface area (Å²) in [6, 6.07) is 69.2. The van der Waals surface area contributed by atoms with Crippen LogP contribution in [0.2, 0.25) is 0 Å². The van der Waals surface area contributed by atoms with Gasteiger partial charge in [-0.1, -0.05) is 309 Å². The molecule has 0 spiro atoms. The Bertz CT molecular complexity index is 5960. The van der Waals surface area contributed by atoms with Gasteiger partial charge in [-0.15, -0.1) is 0 Å². The smallest absolute Gasteiger partial charge is 0.159 e. The summed E-state index contributed by atoms with van der Waals surface area (Å²) in [5, 5.41) is 0. The maximum Gasteiger partial charge on any atom is 0.159 e. The minimum absolute atomic E-state index is 0. The summed E-state index contributed by atoms with van der Waals surface area (Å²) in [6.07, 6.45) is 4.00. The van der Waals surface area contributed by atoms with Gasteiger partial charge in [-0.25, -0.2) is 43.9 Å². The first-order chi connectivity index (χ1) is 58.7. The van der Waals surface area contributed by atoms with Gasteiger partial charge in [0, 0.05) is 90.6 Å². The molecule has 4 nitrogen and oxygen atoms in total. The number of aryl methyl sites for hydroxylation is 6. The summed E-state index contributed by atoms with van der Waals surface area (Å²) in [5.74, 6) is -4.68. The number of pyridine rings is 3. The fourth-order valence-electron chi connectivity index (χ4n) is 14.2. The van der Waals surface area contributed by atoms with E-state index in [0.29, 0.717) is 72.8 Å². The second kappa shape index (κ2) is 43.2. The second-order valence-electron chi connectivity index (χ2n) is 38.5. The van der Waals surface area contributed by atoms with E-state index in [9.17, 15) is 43.9 Å². The molecule has 0 saturated heterocycles. The maximum atomic E-state index is 14.7. The Morgan fingerprint density at radius 2 is 0.685 bits per heavy atom. The molecule has 0 amide bonds. The van der Waals surface area contributed by atoms with E-state index in [-0.39, 0.29) is 63.2 Å². The highest BCUT2D eigenvalue weighted by atomic mass is 19.2. The number of halogens is 10. The van der Waals surface area contributed by atoms with Crippen molar-refractivity contribution in [2.75, 3.05) is 6.54 Å². The van der Waals surface area contributed by atoms with Crippen LogP contribution in [0, 0.1) is 99.7 Å². The topological polar surface area (TPSA) is 51.0 Å². The van der Waals surface area contributed by atoms with Crippen LogP contribution in [0.1, 0.15) is 230 Å². The molecule has 13 aromatic rings. The predicted molar refractivity (Wildman–Crippen MR) is 513 cm³/mol. The molecule has 668 valence electrons. The normalized spacial score (nSPS) is 11.9. The molecule has 3 aromatic heterocycles. The van der Waals surface area contributed by atoms with Crippen molar-refractivity contribution in [2.45, 2.75) is 226 Å². The lowest BCUT2D eigenvalue weighted by atomic mass is 9.84. The van der Waals surface area contributed by atoms with Crippen molar-refractivity contribution < 1.29 is 43.9 Å². The SMILES string of the molecule is C.CC(C)(C)c1cccc(C2=CCN=C2)n1.Cc1cc(F)c(F)cc1-c1cccc(C(C)(C)C)c1F.Cc1cc(F)cc(F)c1-c1cccc(C(C)(C)C)n1.Cc1cc(F)cc(F)c1-c1cccc(C(C)C)c1.Cc1cc(F)ccc1-c1cccc(C(C)(C)C)c1F.Cc1cccc(-c2cccc(C(C)(C)C)c2F)c1.Cc1ccccc1-c1cccc(C(C)(C)C)n1. The van der Waals surface area contributed by atoms with Crippen molar-refractivity contribution in [1.29, 1.82) is 0 Å². The molecular formula is C113H126F10N4. The van der Waals surface area contributed by atoms with Gasteiger partial charge in [0.15, 0.2) is 11.6 Å². The molecule has 0 atom stereocenters. The molecular weight excluding hydrogens is 1600 g/mol. The van der Waals surface area contributed by atoms with Crippen molar-refractivity contribution in [2.24, 2.45) is 4.99 Å². The van der Waals surface area contributed by atoms with E-state index in [0.717, 1.165) is 104 Å². The number of hydrogen-bond donors (Lipinski definition) is 0. The fourth-order valence-corrected chi connectivity index (χ4v) is 14.2. The molecule has 0 fully saturated rings. The van der Waals surface area contributed by atoms with Crippen molar-refractivity contribution in [3.8, 4) is 67.0 Å². The van der Waals surface area contributed by atoms with Crippen molar-refractivity contribution in [3.05, 3.63) is 379 Å². The van der Waals surface area contributed by atoms with E-state index in [1.165, 1.54) is 35.4 Å². The molecule has 1 aliphatic rings. The lowest BCUT2D eigenvalue weighted by molar-refractivity contribution is 0.507. The Balaban J connectivity index is 0.000000203. The summed E-state index contributed by atoms with van der Waals surface area (Å²) in [5.41, 5.74) is 20.7. The summed E-state index contributed by atoms with van der Waals surface area (Å²) >= 11 is 0. The van der Waals surface area contributed by atoms with E-state index in [1.54, 1.807) is 70.2 Å². The molecule has 0 N–H and O–H groups in total. The fraction of sp³-hybridized carbons (Fsp3) is 0.310. The van der Waals surface area contributed by atoms with Crippen LogP contribution >= 0.6 is 0 Å². The number of aromatic nitrogens is 3. The van der Waals surface area contributed by atoms with Crippen molar-refractivity contribution in [3.63, 3.8) is 0 Å². The molecule has 0 radical (unpaired) electrons. The van der Waals surface area contributed by atoms with Crippen molar-refractivity contribution in [1.82, 2.24) is 15.0 Å². The molecule has 14 rings (SSSR count). The molecule has 1 aliphatic heterocycles. The maximum absolute atomic E-state index is 14.7.